The molecule has 0 amide bonds. The largest absolute Gasteiger partial charge is 0.457 e. The highest BCUT2D eigenvalue weighted by atomic mass is 32.1. The van der Waals surface area contributed by atoms with Crippen LogP contribution in [-0.4, -0.2) is 29.1 Å². The first-order chi connectivity index (χ1) is 10.5. The van der Waals surface area contributed by atoms with E-state index < -0.39 is 11.0 Å². The van der Waals surface area contributed by atoms with Crippen LogP contribution in [0.5, 0.6) is 0 Å². The Bertz CT molecular complexity index is 592. The summed E-state index contributed by atoms with van der Waals surface area (Å²) in [4.78, 5) is 25.2. The van der Waals surface area contributed by atoms with E-state index in [4.69, 9.17) is 4.74 Å². The molecule has 1 aromatic rings. The van der Waals surface area contributed by atoms with Gasteiger partial charge in [-0.05, 0) is 61.8 Å². The third-order valence-corrected chi connectivity index (χ3v) is 6.50. The van der Waals surface area contributed by atoms with Crippen molar-refractivity contribution in [3.05, 3.63) is 22.4 Å². The molecule has 4 fully saturated rings. The molecule has 2 unspecified atom stereocenters. The predicted octanol–water partition coefficient (Wildman–Crippen LogP) is 2.81. The van der Waals surface area contributed by atoms with Gasteiger partial charge in [0.05, 0.1) is 15.9 Å². The second-order valence-corrected chi connectivity index (χ2v) is 8.39. The van der Waals surface area contributed by atoms with Gasteiger partial charge in [-0.2, -0.15) is 0 Å². The monoisotopic (exact) mass is 320 g/mol. The first kappa shape index (κ1) is 14.4. The molecule has 0 aromatic carbocycles. The molecule has 22 heavy (non-hydrogen) atoms. The fourth-order valence-electron chi connectivity index (χ4n) is 5.25. The molecule has 4 bridgehead atoms. The van der Waals surface area contributed by atoms with Crippen LogP contribution in [-0.2, 0) is 9.53 Å². The van der Waals surface area contributed by atoms with E-state index in [0.717, 1.165) is 32.1 Å². The van der Waals surface area contributed by atoms with Gasteiger partial charge in [-0.3, -0.25) is 9.59 Å². The second kappa shape index (κ2) is 4.90. The molecule has 0 radical (unpaired) electrons. The minimum Gasteiger partial charge on any atom is -0.457 e. The minimum absolute atomic E-state index is 0.146. The quantitative estimate of drug-likeness (QED) is 0.684. The maximum atomic E-state index is 12.6. The number of hydrogen-bond acceptors (Lipinski definition) is 5. The summed E-state index contributed by atoms with van der Waals surface area (Å²) in [5, 5.41) is 12.5. The van der Waals surface area contributed by atoms with Crippen LogP contribution < -0.4 is 0 Å². The smallest absolute Gasteiger partial charge is 0.312 e. The normalized spacial score (nSPS) is 39.0. The lowest BCUT2D eigenvalue weighted by Crippen LogP contribution is -2.58. The summed E-state index contributed by atoms with van der Waals surface area (Å²) in [5.74, 6) is 0.454. The average molecular weight is 320 g/mol. The molecule has 4 aliphatic carbocycles. The Labute approximate surface area is 133 Å². The summed E-state index contributed by atoms with van der Waals surface area (Å²) >= 11 is 1.36. The van der Waals surface area contributed by atoms with Crippen molar-refractivity contribution in [2.75, 3.05) is 6.61 Å². The molecule has 5 rings (SSSR count). The van der Waals surface area contributed by atoms with E-state index in [1.165, 1.54) is 11.3 Å². The molecule has 0 spiro atoms. The van der Waals surface area contributed by atoms with Gasteiger partial charge in [0.1, 0.15) is 0 Å². The number of thiophene rings is 1. The van der Waals surface area contributed by atoms with E-state index in [1.807, 2.05) is 11.4 Å². The van der Waals surface area contributed by atoms with Gasteiger partial charge in [0.25, 0.3) is 0 Å². The van der Waals surface area contributed by atoms with Crippen LogP contribution in [0.2, 0.25) is 0 Å². The molecule has 5 heteroatoms. The standard InChI is InChI=1S/C17H20O4S/c18-13(14-2-1-3-22-14)9-21-15(19)16-5-11-4-12(6-16)8-17(20,7-11)10-16/h1-3,11-12,20H,4-10H2/t11-,12+,16?,17?. The van der Waals surface area contributed by atoms with Gasteiger partial charge < -0.3 is 9.84 Å². The zero-order valence-electron chi connectivity index (χ0n) is 12.4. The number of hydrogen-bond donors (Lipinski definition) is 1. The molecular weight excluding hydrogens is 300 g/mol. The Morgan fingerprint density at radius 2 is 2.00 bits per heavy atom. The SMILES string of the molecule is O=C(COC(=O)C12C[C@@H]3C[C@@H](CC(O)(C3)C1)C2)c1cccs1. The number of aliphatic hydroxyl groups is 1. The molecule has 0 aliphatic heterocycles. The van der Waals surface area contributed by atoms with Gasteiger partial charge in [0.15, 0.2) is 6.61 Å². The van der Waals surface area contributed by atoms with Crippen LogP contribution in [0.3, 0.4) is 0 Å². The van der Waals surface area contributed by atoms with Gasteiger partial charge in [-0.1, -0.05) is 6.07 Å². The first-order valence-corrected chi connectivity index (χ1v) is 8.82. The van der Waals surface area contributed by atoms with Crippen molar-refractivity contribution >= 4 is 23.1 Å². The average Bonchev–Trinajstić information content (AvgIpc) is 2.95. The molecule has 1 aromatic heterocycles. The van der Waals surface area contributed by atoms with Crippen LogP contribution >= 0.6 is 11.3 Å². The topological polar surface area (TPSA) is 63.6 Å². The van der Waals surface area contributed by atoms with Crippen molar-refractivity contribution in [3.8, 4) is 0 Å². The summed E-state index contributed by atoms with van der Waals surface area (Å²) in [6.45, 7) is -0.186. The third kappa shape index (κ3) is 2.31. The lowest BCUT2D eigenvalue weighted by atomic mass is 9.48. The Balaban J connectivity index is 1.45. The predicted molar refractivity (Wildman–Crippen MR) is 81.7 cm³/mol. The van der Waals surface area contributed by atoms with Crippen LogP contribution in [0.25, 0.3) is 0 Å². The van der Waals surface area contributed by atoms with E-state index in [9.17, 15) is 14.7 Å². The number of esters is 1. The zero-order valence-corrected chi connectivity index (χ0v) is 13.2. The van der Waals surface area contributed by atoms with E-state index in [2.05, 4.69) is 0 Å². The lowest BCUT2D eigenvalue weighted by Gasteiger charge is -2.58. The Kier molecular flexibility index (Phi) is 3.20. The zero-order chi connectivity index (χ0) is 15.4. The summed E-state index contributed by atoms with van der Waals surface area (Å²) < 4.78 is 5.36. The number of ether oxygens (including phenoxy) is 1. The van der Waals surface area contributed by atoms with Gasteiger partial charge in [-0.15, -0.1) is 11.3 Å². The molecule has 0 saturated heterocycles. The minimum atomic E-state index is -0.680. The Hall–Kier alpha value is -1.20. The Morgan fingerprint density at radius 3 is 2.59 bits per heavy atom. The van der Waals surface area contributed by atoms with Crippen LogP contribution in [0.15, 0.2) is 17.5 Å². The summed E-state index contributed by atoms with van der Waals surface area (Å²) in [7, 11) is 0. The highest BCUT2D eigenvalue weighted by Gasteiger charge is 2.60. The molecular formula is C17H20O4S. The maximum Gasteiger partial charge on any atom is 0.312 e. The fraction of sp³-hybridized carbons (Fsp3) is 0.647. The molecule has 4 atom stereocenters. The number of rotatable bonds is 4. The molecule has 4 nitrogen and oxygen atoms in total. The van der Waals surface area contributed by atoms with Gasteiger partial charge in [-0.25, -0.2) is 0 Å². The first-order valence-electron chi connectivity index (χ1n) is 7.94. The van der Waals surface area contributed by atoms with Crippen molar-refractivity contribution in [2.24, 2.45) is 17.3 Å². The van der Waals surface area contributed by atoms with E-state index >= 15 is 0 Å². The van der Waals surface area contributed by atoms with Crippen molar-refractivity contribution < 1.29 is 19.4 Å². The lowest BCUT2D eigenvalue weighted by molar-refractivity contribution is -0.195. The van der Waals surface area contributed by atoms with Crippen molar-refractivity contribution in [1.82, 2.24) is 0 Å². The van der Waals surface area contributed by atoms with Crippen molar-refractivity contribution in [3.63, 3.8) is 0 Å². The number of ketones is 1. The summed E-state index contributed by atoms with van der Waals surface area (Å²) in [6, 6.07) is 3.56. The van der Waals surface area contributed by atoms with Crippen LogP contribution in [0.4, 0.5) is 0 Å². The van der Waals surface area contributed by atoms with Gasteiger partial charge in [0, 0.05) is 0 Å². The highest BCUT2D eigenvalue weighted by molar-refractivity contribution is 7.12. The van der Waals surface area contributed by atoms with Gasteiger partial charge >= 0.3 is 5.97 Å². The molecule has 1 heterocycles. The van der Waals surface area contributed by atoms with E-state index in [1.54, 1.807) is 6.07 Å². The van der Waals surface area contributed by atoms with Crippen molar-refractivity contribution in [1.29, 1.82) is 0 Å². The Morgan fingerprint density at radius 1 is 1.27 bits per heavy atom. The van der Waals surface area contributed by atoms with E-state index in [-0.39, 0.29) is 18.4 Å². The molecule has 118 valence electrons. The van der Waals surface area contributed by atoms with Crippen LogP contribution in [0.1, 0.15) is 48.2 Å². The van der Waals surface area contributed by atoms with Gasteiger partial charge in [0.2, 0.25) is 5.78 Å². The molecule has 4 saturated carbocycles. The maximum absolute atomic E-state index is 12.6. The van der Waals surface area contributed by atoms with Crippen LogP contribution in [0, 0.1) is 17.3 Å². The highest BCUT2D eigenvalue weighted by Crippen LogP contribution is 2.61. The second-order valence-electron chi connectivity index (χ2n) is 7.44. The fourth-order valence-corrected chi connectivity index (χ4v) is 5.90. The van der Waals surface area contributed by atoms with Crippen molar-refractivity contribution in [2.45, 2.75) is 44.1 Å². The number of Topliss-reactive ketones (excluding diaryl/α,β-unsaturated/α-hetero) is 1. The third-order valence-electron chi connectivity index (χ3n) is 5.59. The summed E-state index contributed by atoms with van der Waals surface area (Å²) in [6.07, 6.45) is 4.93. The molecule has 4 aliphatic rings. The molecule has 1 N–H and O–H groups in total. The number of carbonyl (C=O) groups excluding carboxylic acids is 2. The van der Waals surface area contributed by atoms with E-state index in [0.29, 0.717) is 23.1 Å². The summed E-state index contributed by atoms with van der Waals surface area (Å²) in [5.41, 5.74) is -1.23. The number of carbonyl (C=O) groups is 2.